The van der Waals surface area contributed by atoms with Gasteiger partial charge in [-0.2, -0.15) is 5.10 Å². The van der Waals surface area contributed by atoms with Crippen LogP contribution in [0.4, 0.5) is 0 Å². The van der Waals surface area contributed by atoms with Crippen molar-refractivity contribution in [3.8, 4) is 5.82 Å². The molecule has 0 bridgehead atoms. The Balaban J connectivity index is 1.72. The summed E-state index contributed by atoms with van der Waals surface area (Å²) < 4.78 is 1.80. The van der Waals surface area contributed by atoms with Crippen molar-refractivity contribution in [2.45, 2.75) is 52.0 Å². The average Bonchev–Trinajstić information content (AvgIpc) is 3.31. The molecule has 138 valence electrons. The molecule has 2 aromatic heterocycles. The van der Waals surface area contributed by atoms with E-state index in [9.17, 15) is 9.90 Å². The van der Waals surface area contributed by atoms with Crippen LogP contribution < -0.4 is 5.32 Å². The third kappa shape index (κ3) is 2.90. The van der Waals surface area contributed by atoms with Gasteiger partial charge in [0, 0.05) is 23.9 Å². The molecule has 2 aliphatic rings. The highest BCUT2D eigenvalue weighted by Gasteiger charge is 2.47. The molecule has 2 N–H and O–H groups in total. The van der Waals surface area contributed by atoms with E-state index >= 15 is 0 Å². The van der Waals surface area contributed by atoms with Gasteiger partial charge in [-0.15, -0.1) is 0 Å². The summed E-state index contributed by atoms with van der Waals surface area (Å²) in [6.07, 6.45) is 8.06. The number of aliphatic hydroxyl groups excluding tert-OH is 1. The number of nitrogens with one attached hydrogen (secondary N) is 1. The van der Waals surface area contributed by atoms with E-state index in [4.69, 9.17) is 0 Å². The Labute approximate surface area is 152 Å². The standard InChI is InChI=1S/C19H25N5O2/c1-19(2,3)14(10-25)22-18(26)16-12-5-4-11-8-13(11)17(12)24(23-16)15-9-20-6-7-21-15/h6-7,9,11,13-14,25H,4-5,8,10H2,1-3H3,(H,22,26). The molecule has 1 fully saturated rings. The quantitative estimate of drug-likeness (QED) is 0.873. The number of amides is 1. The Bertz CT molecular complexity index is 824. The van der Waals surface area contributed by atoms with Crippen molar-refractivity contribution < 1.29 is 9.90 Å². The molecule has 1 amide bonds. The largest absolute Gasteiger partial charge is 0.394 e. The number of hydrogen-bond donors (Lipinski definition) is 2. The fraction of sp³-hybridized carbons (Fsp3) is 0.579. The average molecular weight is 355 g/mol. The summed E-state index contributed by atoms with van der Waals surface area (Å²) >= 11 is 0. The summed E-state index contributed by atoms with van der Waals surface area (Å²) in [5, 5.41) is 17.3. The molecule has 2 aromatic rings. The molecular formula is C19H25N5O2. The topological polar surface area (TPSA) is 92.9 Å². The Morgan fingerprint density at radius 2 is 2.23 bits per heavy atom. The number of fused-ring (bicyclic) bond motifs is 3. The van der Waals surface area contributed by atoms with Crippen LogP contribution >= 0.6 is 0 Å². The molecule has 7 nitrogen and oxygen atoms in total. The second-order valence-electron chi connectivity index (χ2n) is 8.40. The van der Waals surface area contributed by atoms with Crippen molar-refractivity contribution in [3.63, 3.8) is 0 Å². The Kier molecular flexibility index (Phi) is 4.06. The summed E-state index contributed by atoms with van der Waals surface area (Å²) in [7, 11) is 0. The van der Waals surface area contributed by atoms with E-state index in [-0.39, 0.29) is 24.0 Å². The monoisotopic (exact) mass is 355 g/mol. The molecule has 0 saturated heterocycles. The van der Waals surface area contributed by atoms with Crippen LogP contribution in [-0.2, 0) is 6.42 Å². The zero-order valence-electron chi connectivity index (χ0n) is 15.4. The second kappa shape index (κ2) is 6.16. The van der Waals surface area contributed by atoms with E-state index in [0.717, 1.165) is 30.5 Å². The molecule has 2 heterocycles. The van der Waals surface area contributed by atoms with E-state index in [1.165, 1.54) is 0 Å². The normalized spacial score (nSPS) is 22.3. The van der Waals surface area contributed by atoms with Crippen molar-refractivity contribution in [2.24, 2.45) is 11.3 Å². The fourth-order valence-electron chi connectivity index (χ4n) is 3.84. The van der Waals surface area contributed by atoms with E-state index in [1.807, 2.05) is 20.8 Å². The second-order valence-corrected chi connectivity index (χ2v) is 8.40. The maximum atomic E-state index is 13.0. The minimum Gasteiger partial charge on any atom is -0.394 e. The highest BCUT2D eigenvalue weighted by atomic mass is 16.3. The van der Waals surface area contributed by atoms with Crippen molar-refractivity contribution in [2.75, 3.05) is 6.61 Å². The molecule has 3 atom stereocenters. The SMILES string of the molecule is CC(C)(C)C(CO)NC(=O)c1nn(-c2cnccn2)c2c1CCC1CC21. The smallest absolute Gasteiger partial charge is 0.272 e. The van der Waals surface area contributed by atoms with E-state index in [1.54, 1.807) is 23.3 Å². The lowest BCUT2D eigenvalue weighted by Gasteiger charge is -2.29. The van der Waals surface area contributed by atoms with Crippen LogP contribution in [0.15, 0.2) is 18.6 Å². The highest BCUT2D eigenvalue weighted by Crippen LogP contribution is 2.55. The minimum absolute atomic E-state index is 0.104. The van der Waals surface area contributed by atoms with Gasteiger partial charge in [0.2, 0.25) is 0 Å². The molecule has 2 aliphatic carbocycles. The zero-order valence-corrected chi connectivity index (χ0v) is 15.4. The maximum Gasteiger partial charge on any atom is 0.272 e. The molecule has 7 heteroatoms. The van der Waals surface area contributed by atoms with Gasteiger partial charge in [-0.25, -0.2) is 9.67 Å². The first kappa shape index (κ1) is 17.1. The molecule has 0 radical (unpaired) electrons. The number of carbonyl (C=O) groups excluding carboxylic acids is 1. The van der Waals surface area contributed by atoms with Gasteiger partial charge in [-0.05, 0) is 30.6 Å². The van der Waals surface area contributed by atoms with Gasteiger partial charge in [-0.1, -0.05) is 20.8 Å². The predicted octanol–water partition coefficient (Wildman–Crippen LogP) is 1.85. The number of aliphatic hydroxyl groups is 1. The highest BCUT2D eigenvalue weighted by molar-refractivity contribution is 5.94. The number of nitrogens with zero attached hydrogens (tertiary/aromatic N) is 4. The van der Waals surface area contributed by atoms with Gasteiger partial charge in [-0.3, -0.25) is 9.78 Å². The summed E-state index contributed by atoms with van der Waals surface area (Å²) in [6, 6.07) is -0.329. The van der Waals surface area contributed by atoms with Gasteiger partial charge in [0.25, 0.3) is 5.91 Å². The lowest BCUT2D eigenvalue weighted by Crippen LogP contribution is -2.46. The van der Waals surface area contributed by atoms with Crippen molar-refractivity contribution in [3.05, 3.63) is 35.5 Å². The first-order valence-electron chi connectivity index (χ1n) is 9.20. The van der Waals surface area contributed by atoms with E-state index in [2.05, 4.69) is 20.4 Å². The van der Waals surface area contributed by atoms with Gasteiger partial charge < -0.3 is 10.4 Å². The molecule has 26 heavy (non-hydrogen) atoms. The summed E-state index contributed by atoms with van der Waals surface area (Å²) in [4.78, 5) is 21.5. The number of aromatic nitrogens is 4. The molecular weight excluding hydrogens is 330 g/mol. The van der Waals surface area contributed by atoms with Crippen LogP contribution in [0.5, 0.6) is 0 Å². The van der Waals surface area contributed by atoms with Crippen molar-refractivity contribution in [1.82, 2.24) is 25.1 Å². The molecule has 0 spiro atoms. The van der Waals surface area contributed by atoms with Crippen molar-refractivity contribution in [1.29, 1.82) is 0 Å². The van der Waals surface area contributed by atoms with E-state index < -0.39 is 0 Å². The number of hydrogen-bond acceptors (Lipinski definition) is 5. The van der Waals surface area contributed by atoms with Crippen LogP contribution in [0.25, 0.3) is 5.82 Å². The van der Waals surface area contributed by atoms with Crippen LogP contribution in [0.1, 0.15) is 61.3 Å². The number of rotatable bonds is 4. The van der Waals surface area contributed by atoms with Gasteiger partial charge in [0.05, 0.1) is 24.5 Å². The Morgan fingerprint density at radius 1 is 1.42 bits per heavy atom. The Morgan fingerprint density at radius 3 is 2.88 bits per heavy atom. The summed E-state index contributed by atoms with van der Waals surface area (Å²) in [5.74, 6) is 1.58. The molecule has 1 saturated carbocycles. The Hall–Kier alpha value is -2.28. The summed E-state index contributed by atoms with van der Waals surface area (Å²) in [5.41, 5.74) is 2.36. The first-order valence-corrected chi connectivity index (χ1v) is 9.20. The molecule has 4 rings (SSSR count). The lowest BCUT2D eigenvalue weighted by atomic mass is 9.87. The van der Waals surface area contributed by atoms with Crippen LogP contribution in [0, 0.1) is 11.3 Å². The molecule has 0 aliphatic heterocycles. The maximum absolute atomic E-state index is 13.0. The van der Waals surface area contributed by atoms with Crippen LogP contribution in [-0.4, -0.2) is 43.4 Å². The van der Waals surface area contributed by atoms with Gasteiger partial charge in [0.1, 0.15) is 0 Å². The third-order valence-corrected chi connectivity index (χ3v) is 5.58. The van der Waals surface area contributed by atoms with Crippen LogP contribution in [0.3, 0.4) is 0 Å². The van der Waals surface area contributed by atoms with Gasteiger partial charge >= 0.3 is 0 Å². The fourth-order valence-corrected chi connectivity index (χ4v) is 3.84. The lowest BCUT2D eigenvalue weighted by molar-refractivity contribution is 0.0841. The van der Waals surface area contributed by atoms with Gasteiger partial charge in [0.15, 0.2) is 11.5 Å². The van der Waals surface area contributed by atoms with E-state index in [0.29, 0.717) is 23.3 Å². The molecule has 3 unspecified atom stereocenters. The zero-order chi connectivity index (χ0) is 18.5. The number of carbonyl (C=O) groups is 1. The molecule has 0 aromatic carbocycles. The van der Waals surface area contributed by atoms with Crippen LogP contribution in [0.2, 0.25) is 0 Å². The predicted molar refractivity (Wildman–Crippen MR) is 96.1 cm³/mol. The van der Waals surface area contributed by atoms with Crippen molar-refractivity contribution >= 4 is 5.91 Å². The minimum atomic E-state index is -0.329. The first-order chi connectivity index (χ1) is 12.4. The summed E-state index contributed by atoms with van der Waals surface area (Å²) in [6.45, 7) is 5.89. The third-order valence-electron chi connectivity index (χ3n) is 5.58.